The fraction of sp³-hybridized carbons (Fsp3) is 0.950. The highest BCUT2D eigenvalue weighted by atomic mass is 16.6. The number of rotatable bonds is 3. The average Bonchev–Trinajstić information content (AvgIpc) is 3.32. The highest BCUT2D eigenvalue weighted by Gasteiger charge is 2.45. The summed E-state index contributed by atoms with van der Waals surface area (Å²) in [6.45, 7) is 8.40. The third kappa shape index (κ3) is 4.13. The van der Waals surface area contributed by atoms with Gasteiger partial charge in [-0.2, -0.15) is 0 Å². The molecule has 0 spiro atoms. The first-order valence-corrected chi connectivity index (χ1v) is 10.4. The minimum absolute atomic E-state index is 0.101. The zero-order chi connectivity index (χ0) is 17.6. The summed E-state index contributed by atoms with van der Waals surface area (Å²) in [5.74, 6) is 0. The Bertz CT molecular complexity index is 478. The minimum atomic E-state index is -0.402. The molecule has 4 aliphatic rings. The van der Waals surface area contributed by atoms with Crippen molar-refractivity contribution in [2.24, 2.45) is 0 Å². The van der Waals surface area contributed by atoms with Gasteiger partial charge in [-0.25, -0.2) is 4.79 Å². The second kappa shape index (κ2) is 6.73. The van der Waals surface area contributed by atoms with Gasteiger partial charge in [-0.15, -0.1) is 0 Å². The van der Waals surface area contributed by atoms with Gasteiger partial charge in [0, 0.05) is 30.2 Å². The molecule has 4 rings (SSSR count). The maximum absolute atomic E-state index is 12.6. The molecular formula is C20H35N3O2. The monoisotopic (exact) mass is 349 g/mol. The number of ether oxygens (including phenoxy) is 1. The predicted octanol–water partition coefficient (Wildman–Crippen LogP) is 3.13. The van der Waals surface area contributed by atoms with E-state index in [2.05, 4.69) is 15.1 Å². The van der Waals surface area contributed by atoms with Gasteiger partial charge >= 0.3 is 6.09 Å². The molecule has 1 N–H and O–H groups in total. The van der Waals surface area contributed by atoms with Gasteiger partial charge in [0.05, 0.1) is 0 Å². The molecule has 5 heteroatoms. The Morgan fingerprint density at radius 3 is 1.96 bits per heavy atom. The summed E-state index contributed by atoms with van der Waals surface area (Å²) < 4.78 is 5.64. The molecule has 0 aromatic rings. The van der Waals surface area contributed by atoms with Crippen LogP contribution in [0.15, 0.2) is 0 Å². The smallest absolute Gasteiger partial charge is 0.410 e. The number of amides is 1. The maximum Gasteiger partial charge on any atom is 0.410 e. The van der Waals surface area contributed by atoms with Crippen LogP contribution in [0.5, 0.6) is 0 Å². The lowest BCUT2D eigenvalue weighted by atomic mass is 9.95. The largest absolute Gasteiger partial charge is 0.444 e. The average molecular weight is 350 g/mol. The molecule has 4 fully saturated rings. The van der Waals surface area contributed by atoms with E-state index in [0.29, 0.717) is 24.2 Å². The van der Waals surface area contributed by atoms with E-state index in [1.54, 1.807) is 0 Å². The number of hydrogen-bond acceptors (Lipinski definition) is 4. The van der Waals surface area contributed by atoms with Crippen LogP contribution in [0.1, 0.15) is 72.1 Å². The van der Waals surface area contributed by atoms with Gasteiger partial charge in [0.15, 0.2) is 0 Å². The summed E-state index contributed by atoms with van der Waals surface area (Å²) in [6, 6.07) is 2.91. The van der Waals surface area contributed by atoms with Crippen LogP contribution in [0.4, 0.5) is 4.79 Å². The molecule has 2 atom stereocenters. The quantitative estimate of drug-likeness (QED) is 0.850. The van der Waals surface area contributed by atoms with Gasteiger partial charge in [0.2, 0.25) is 0 Å². The molecule has 0 unspecified atom stereocenters. The lowest BCUT2D eigenvalue weighted by Gasteiger charge is -2.42. The number of hydrogen-bond donors (Lipinski definition) is 1. The first kappa shape index (κ1) is 17.6. The number of carbonyl (C=O) groups is 1. The van der Waals surface area contributed by atoms with E-state index in [1.807, 2.05) is 20.8 Å². The van der Waals surface area contributed by atoms with E-state index in [1.165, 1.54) is 38.8 Å². The molecule has 0 aromatic heterocycles. The molecule has 3 aliphatic heterocycles. The van der Waals surface area contributed by atoms with Crippen molar-refractivity contribution in [2.45, 2.75) is 108 Å². The third-order valence-electron chi connectivity index (χ3n) is 6.40. The lowest BCUT2D eigenvalue weighted by Crippen LogP contribution is -2.55. The summed E-state index contributed by atoms with van der Waals surface area (Å²) >= 11 is 0. The van der Waals surface area contributed by atoms with E-state index in [-0.39, 0.29) is 6.09 Å². The van der Waals surface area contributed by atoms with Gasteiger partial charge in [-0.1, -0.05) is 0 Å². The van der Waals surface area contributed by atoms with Crippen LogP contribution in [0.2, 0.25) is 0 Å². The topological polar surface area (TPSA) is 44.8 Å². The summed E-state index contributed by atoms with van der Waals surface area (Å²) in [5, 5.41) is 3.94. The zero-order valence-electron chi connectivity index (χ0n) is 16.2. The van der Waals surface area contributed by atoms with Crippen molar-refractivity contribution in [3.63, 3.8) is 0 Å². The highest BCUT2D eigenvalue weighted by Crippen LogP contribution is 2.37. The standard InChI is InChI=1S/C20H35N3O2/c1-20(2,3)25-19(24)23-17-6-7-18(23)13-15(12-17)21-14-8-10-22(11-9-14)16-4-5-16/h14-18,21H,4-13H2,1-3H3/t17-,18-/m0/s1. The molecule has 142 valence electrons. The second-order valence-electron chi connectivity index (χ2n) is 9.65. The van der Waals surface area contributed by atoms with Crippen LogP contribution in [0.25, 0.3) is 0 Å². The molecule has 5 nitrogen and oxygen atoms in total. The Balaban J connectivity index is 1.27. The van der Waals surface area contributed by atoms with Crippen molar-refractivity contribution in [2.75, 3.05) is 13.1 Å². The Hall–Kier alpha value is -0.810. The zero-order valence-corrected chi connectivity index (χ0v) is 16.2. The molecular weight excluding hydrogens is 314 g/mol. The fourth-order valence-corrected chi connectivity index (χ4v) is 5.13. The van der Waals surface area contributed by atoms with Crippen molar-refractivity contribution in [3.05, 3.63) is 0 Å². The Labute approximate surface area is 152 Å². The van der Waals surface area contributed by atoms with E-state index >= 15 is 0 Å². The number of nitrogens with zero attached hydrogens (tertiary/aromatic N) is 2. The molecule has 2 bridgehead atoms. The molecule has 25 heavy (non-hydrogen) atoms. The first-order chi connectivity index (χ1) is 11.9. The van der Waals surface area contributed by atoms with Gasteiger partial charge in [0.25, 0.3) is 0 Å². The Morgan fingerprint density at radius 2 is 1.44 bits per heavy atom. The second-order valence-corrected chi connectivity index (χ2v) is 9.65. The van der Waals surface area contributed by atoms with Crippen LogP contribution in [-0.4, -0.2) is 64.8 Å². The Morgan fingerprint density at radius 1 is 0.880 bits per heavy atom. The number of nitrogens with one attached hydrogen (secondary N) is 1. The number of piperidine rings is 2. The molecule has 3 saturated heterocycles. The van der Waals surface area contributed by atoms with Crippen molar-refractivity contribution >= 4 is 6.09 Å². The lowest BCUT2D eigenvalue weighted by molar-refractivity contribution is 0.00386. The Kier molecular flexibility index (Phi) is 4.74. The summed E-state index contributed by atoms with van der Waals surface area (Å²) in [6.07, 6.45) is 9.80. The maximum atomic E-state index is 12.6. The number of likely N-dealkylation sites (tertiary alicyclic amines) is 1. The van der Waals surface area contributed by atoms with Gasteiger partial charge in [0.1, 0.15) is 5.60 Å². The van der Waals surface area contributed by atoms with E-state index in [0.717, 1.165) is 31.7 Å². The van der Waals surface area contributed by atoms with Crippen LogP contribution in [0.3, 0.4) is 0 Å². The van der Waals surface area contributed by atoms with Gasteiger partial charge in [-0.3, -0.25) is 0 Å². The van der Waals surface area contributed by atoms with Crippen LogP contribution in [-0.2, 0) is 4.74 Å². The summed E-state index contributed by atoms with van der Waals surface area (Å²) in [7, 11) is 0. The van der Waals surface area contributed by atoms with E-state index in [9.17, 15) is 4.79 Å². The number of fused-ring (bicyclic) bond motifs is 2. The predicted molar refractivity (Wildman–Crippen MR) is 98.7 cm³/mol. The molecule has 1 aliphatic carbocycles. The third-order valence-corrected chi connectivity index (χ3v) is 6.40. The molecule has 0 aromatic carbocycles. The normalized spacial score (nSPS) is 34.4. The van der Waals surface area contributed by atoms with Crippen molar-refractivity contribution < 1.29 is 9.53 Å². The highest BCUT2D eigenvalue weighted by molar-refractivity contribution is 5.69. The SMILES string of the molecule is CC(C)(C)OC(=O)N1[C@H]2CC[C@H]1CC(NC1CCN(C3CC3)CC1)C2. The summed E-state index contributed by atoms with van der Waals surface area (Å²) in [5.41, 5.74) is -0.402. The van der Waals surface area contributed by atoms with Gasteiger partial charge in [-0.05, 0) is 85.2 Å². The van der Waals surface area contributed by atoms with Gasteiger partial charge < -0.3 is 19.9 Å². The van der Waals surface area contributed by atoms with E-state index < -0.39 is 5.60 Å². The van der Waals surface area contributed by atoms with Crippen molar-refractivity contribution in [3.8, 4) is 0 Å². The van der Waals surface area contributed by atoms with Crippen molar-refractivity contribution in [1.29, 1.82) is 0 Å². The molecule has 1 amide bonds. The van der Waals surface area contributed by atoms with Crippen LogP contribution < -0.4 is 5.32 Å². The fourth-order valence-electron chi connectivity index (χ4n) is 5.13. The first-order valence-electron chi connectivity index (χ1n) is 10.4. The molecule has 0 radical (unpaired) electrons. The minimum Gasteiger partial charge on any atom is -0.444 e. The van der Waals surface area contributed by atoms with Crippen molar-refractivity contribution in [1.82, 2.24) is 15.1 Å². The number of carbonyl (C=O) groups excluding carboxylic acids is 1. The van der Waals surface area contributed by atoms with Crippen LogP contribution >= 0.6 is 0 Å². The van der Waals surface area contributed by atoms with E-state index in [4.69, 9.17) is 4.74 Å². The van der Waals surface area contributed by atoms with Crippen LogP contribution in [0, 0.1) is 0 Å². The molecule has 1 saturated carbocycles. The molecule has 3 heterocycles. The summed E-state index contributed by atoms with van der Waals surface area (Å²) in [4.78, 5) is 17.3.